The predicted molar refractivity (Wildman–Crippen MR) is 93.9 cm³/mol. The molecule has 24 heavy (non-hydrogen) atoms. The normalized spacial score (nSPS) is 16.5. The zero-order valence-electron chi connectivity index (χ0n) is 18.7. The molecular formula is C19H20N4O. The van der Waals surface area contributed by atoms with E-state index in [9.17, 15) is 0 Å². The Morgan fingerprint density at radius 1 is 1.33 bits per heavy atom. The van der Waals surface area contributed by atoms with Crippen molar-refractivity contribution in [1.82, 2.24) is 19.6 Å². The summed E-state index contributed by atoms with van der Waals surface area (Å²) in [6.07, 6.45) is 0.888. The topological polar surface area (TPSA) is 56.2 Å². The summed E-state index contributed by atoms with van der Waals surface area (Å²) in [6, 6.07) is 6.99. The Labute approximate surface area is 147 Å². The number of fused-ring (bicyclic) bond motifs is 3. The van der Waals surface area contributed by atoms with Crippen molar-refractivity contribution in [2.75, 3.05) is 0 Å². The van der Waals surface area contributed by atoms with E-state index in [1.165, 1.54) is 12.3 Å². The quantitative estimate of drug-likeness (QED) is 0.547. The van der Waals surface area contributed by atoms with Crippen LogP contribution in [0.15, 0.2) is 41.2 Å². The molecule has 5 heteroatoms. The molecular weight excluding hydrogens is 300 g/mol. The van der Waals surface area contributed by atoms with Crippen LogP contribution in [-0.4, -0.2) is 19.6 Å². The van der Waals surface area contributed by atoms with E-state index in [0.717, 1.165) is 5.52 Å². The zero-order chi connectivity index (χ0) is 21.2. The first kappa shape index (κ1) is 10.2. The molecule has 0 bridgehead atoms. The van der Waals surface area contributed by atoms with Crippen molar-refractivity contribution in [3.63, 3.8) is 0 Å². The van der Waals surface area contributed by atoms with Crippen LogP contribution in [0.3, 0.4) is 0 Å². The summed E-state index contributed by atoms with van der Waals surface area (Å²) in [5, 5.41) is 7.74. The maximum absolute atomic E-state index is 8.67. The molecule has 0 saturated heterocycles. The van der Waals surface area contributed by atoms with E-state index >= 15 is 0 Å². The minimum Gasteiger partial charge on any atom is -0.421 e. The van der Waals surface area contributed by atoms with Crippen molar-refractivity contribution in [3.8, 4) is 11.3 Å². The third-order valence-electron chi connectivity index (χ3n) is 3.65. The molecule has 0 saturated carbocycles. The fraction of sp³-hybridized carbons (Fsp3) is 0.316. The van der Waals surface area contributed by atoms with Crippen molar-refractivity contribution in [2.45, 2.75) is 34.0 Å². The molecule has 1 aromatic carbocycles. The van der Waals surface area contributed by atoms with Crippen LogP contribution in [0.5, 0.6) is 0 Å². The Kier molecular flexibility index (Phi) is 2.20. The van der Waals surface area contributed by atoms with E-state index in [-0.39, 0.29) is 11.1 Å². The second-order valence-corrected chi connectivity index (χ2v) is 6.73. The van der Waals surface area contributed by atoms with Gasteiger partial charge in [-0.25, -0.2) is 4.40 Å². The van der Waals surface area contributed by atoms with Crippen LogP contribution in [0.25, 0.3) is 28.2 Å². The van der Waals surface area contributed by atoms with E-state index in [1.807, 2.05) is 12.1 Å². The molecule has 0 aliphatic rings. The molecule has 0 aliphatic carbocycles. The molecule has 0 unspecified atom stereocenters. The lowest BCUT2D eigenvalue weighted by atomic mass is 9.86. The summed E-state index contributed by atoms with van der Waals surface area (Å²) < 4.78 is 48.4. The van der Waals surface area contributed by atoms with Crippen LogP contribution in [0, 0.1) is 12.3 Å². The average molecular weight is 325 g/mol. The molecule has 0 aliphatic heterocycles. The number of nitrogens with zero attached hydrogens (tertiary/aromatic N) is 4. The van der Waals surface area contributed by atoms with Crippen LogP contribution in [0.1, 0.15) is 38.8 Å². The first-order valence-corrected chi connectivity index (χ1v) is 7.64. The van der Waals surface area contributed by atoms with E-state index in [4.69, 9.17) is 11.3 Å². The third kappa shape index (κ3) is 2.46. The highest BCUT2D eigenvalue weighted by molar-refractivity contribution is 5.90. The van der Waals surface area contributed by atoms with Gasteiger partial charge in [0.2, 0.25) is 0 Å². The first-order chi connectivity index (χ1) is 13.4. The Bertz CT molecular complexity index is 1220. The maximum Gasteiger partial charge on any atom is 0.327 e. The molecule has 4 aromatic rings. The number of oxazole rings is 1. The molecule has 4 rings (SSSR count). The Morgan fingerprint density at radius 2 is 2.21 bits per heavy atom. The van der Waals surface area contributed by atoms with E-state index < -0.39 is 18.6 Å². The van der Waals surface area contributed by atoms with Gasteiger partial charge in [0.05, 0.1) is 11.2 Å². The molecule has 0 amide bonds. The number of rotatable bonds is 2. The lowest BCUT2D eigenvalue weighted by molar-refractivity contribution is 0.410. The SMILES string of the molecule is [2H]C([2H])([2H])c1cnc(-c2cccc3c2oc2nncn23)cc1C([2H])([2H])C(C)(C)C. The lowest BCUT2D eigenvalue weighted by Gasteiger charge is -2.20. The molecule has 0 N–H and O–H groups in total. The van der Waals surface area contributed by atoms with Gasteiger partial charge in [0.25, 0.3) is 0 Å². The molecule has 0 spiro atoms. The fourth-order valence-electron chi connectivity index (χ4n) is 2.68. The van der Waals surface area contributed by atoms with E-state index in [0.29, 0.717) is 22.7 Å². The van der Waals surface area contributed by atoms with Crippen molar-refractivity contribution >= 4 is 16.9 Å². The number of pyridine rings is 1. The van der Waals surface area contributed by atoms with E-state index in [2.05, 4.69) is 15.2 Å². The summed E-state index contributed by atoms with van der Waals surface area (Å²) in [5.41, 5.74) is 1.50. The third-order valence-corrected chi connectivity index (χ3v) is 3.65. The molecule has 0 radical (unpaired) electrons. The van der Waals surface area contributed by atoms with Crippen LogP contribution in [0.4, 0.5) is 0 Å². The maximum atomic E-state index is 8.67. The molecule has 3 aromatic heterocycles. The predicted octanol–water partition coefficient (Wildman–Crippen LogP) is 4.43. The highest BCUT2D eigenvalue weighted by Crippen LogP contribution is 2.31. The minimum absolute atomic E-state index is 0.0909. The number of para-hydroxylation sites is 1. The molecule has 0 atom stereocenters. The van der Waals surface area contributed by atoms with Gasteiger partial charge in [0, 0.05) is 18.6 Å². The van der Waals surface area contributed by atoms with Gasteiger partial charge in [-0.1, -0.05) is 31.9 Å². The van der Waals surface area contributed by atoms with Crippen LogP contribution < -0.4 is 0 Å². The number of benzene rings is 1. The van der Waals surface area contributed by atoms with Crippen LogP contribution in [0.2, 0.25) is 0 Å². The second-order valence-electron chi connectivity index (χ2n) is 6.73. The molecule has 5 nitrogen and oxygen atoms in total. The van der Waals surface area contributed by atoms with Gasteiger partial charge in [-0.2, -0.15) is 0 Å². The summed E-state index contributed by atoms with van der Waals surface area (Å²) in [7, 11) is 0. The smallest absolute Gasteiger partial charge is 0.327 e. The summed E-state index contributed by atoms with van der Waals surface area (Å²) in [5.74, 6) is 0.330. The van der Waals surface area contributed by atoms with Gasteiger partial charge in [0.1, 0.15) is 6.33 Å². The van der Waals surface area contributed by atoms with Crippen molar-refractivity contribution in [1.29, 1.82) is 0 Å². The first-order valence-electron chi connectivity index (χ1n) is 10.1. The number of hydrogen-bond acceptors (Lipinski definition) is 4. The molecule has 3 heterocycles. The second kappa shape index (κ2) is 5.16. The van der Waals surface area contributed by atoms with Gasteiger partial charge >= 0.3 is 5.84 Å². The standard InChI is InChI=1S/C19H20N4O/c1-12-10-20-15(8-13(12)9-19(2,3)4)14-6-5-7-16-17(14)24-18-22-21-11-23(16)18/h5-8,10-11H,9H2,1-4H3/i1D3,9D2. The summed E-state index contributed by atoms with van der Waals surface area (Å²) >= 11 is 0. The average Bonchev–Trinajstić information content (AvgIpc) is 3.20. The van der Waals surface area contributed by atoms with Crippen molar-refractivity contribution < 1.29 is 11.3 Å². The van der Waals surface area contributed by atoms with Crippen molar-refractivity contribution in [2.24, 2.45) is 5.41 Å². The number of aromatic nitrogens is 4. The monoisotopic (exact) mass is 325 g/mol. The summed E-state index contributed by atoms with van der Waals surface area (Å²) in [4.78, 5) is 4.34. The largest absolute Gasteiger partial charge is 0.421 e. The van der Waals surface area contributed by atoms with Gasteiger partial charge in [-0.05, 0) is 48.0 Å². The Balaban J connectivity index is 1.99. The van der Waals surface area contributed by atoms with Crippen LogP contribution in [-0.2, 0) is 6.37 Å². The zero-order valence-corrected chi connectivity index (χ0v) is 13.7. The highest BCUT2D eigenvalue weighted by atomic mass is 16.4. The van der Waals surface area contributed by atoms with Gasteiger partial charge in [-0.15, -0.1) is 5.10 Å². The minimum atomic E-state index is -2.48. The molecule has 0 fully saturated rings. The van der Waals surface area contributed by atoms with Gasteiger partial charge in [0.15, 0.2) is 5.58 Å². The Morgan fingerprint density at radius 3 is 3.00 bits per heavy atom. The van der Waals surface area contributed by atoms with Gasteiger partial charge in [-0.3, -0.25) is 4.98 Å². The number of aryl methyl sites for hydroxylation is 1. The number of hydrogen-bond donors (Lipinski definition) is 0. The molecule has 122 valence electrons. The highest BCUT2D eigenvalue weighted by Gasteiger charge is 2.17. The fourth-order valence-corrected chi connectivity index (χ4v) is 2.68. The van der Waals surface area contributed by atoms with Crippen LogP contribution >= 0.6 is 0 Å². The Hall–Kier alpha value is -2.69. The van der Waals surface area contributed by atoms with Crippen molar-refractivity contribution in [3.05, 3.63) is 47.9 Å². The summed E-state index contributed by atoms with van der Waals surface area (Å²) in [6.45, 7) is 2.74. The van der Waals surface area contributed by atoms with Gasteiger partial charge < -0.3 is 4.42 Å². The lowest BCUT2D eigenvalue weighted by Crippen LogP contribution is -2.10. The van der Waals surface area contributed by atoms with E-state index in [1.54, 1.807) is 37.6 Å².